The summed E-state index contributed by atoms with van der Waals surface area (Å²) in [6.45, 7) is 3.84. The average Bonchev–Trinajstić information content (AvgIpc) is 3.29. The van der Waals surface area contributed by atoms with Crippen LogP contribution in [0.2, 0.25) is 0 Å². The van der Waals surface area contributed by atoms with E-state index in [1.165, 1.54) is 0 Å². The van der Waals surface area contributed by atoms with Crippen molar-refractivity contribution in [3.63, 3.8) is 0 Å². The van der Waals surface area contributed by atoms with E-state index in [0.29, 0.717) is 18.3 Å². The van der Waals surface area contributed by atoms with Gasteiger partial charge in [0.05, 0.1) is 23.8 Å². The van der Waals surface area contributed by atoms with E-state index in [9.17, 15) is 4.79 Å². The minimum atomic E-state index is -0.0350. The zero-order valence-electron chi connectivity index (χ0n) is 16.1. The molecule has 1 amide bonds. The van der Waals surface area contributed by atoms with E-state index in [-0.39, 0.29) is 11.8 Å². The van der Waals surface area contributed by atoms with Crippen LogP contribution in [0.5, 0.6) is 0 Å². The van der Waals surface area contributed by atoms with Gasteiger partial charge in [0.15, 0.2) is 0 Å². The number of carbonyl (C=O) groups excluding carboxylic acids is 1. The first-order valence-electron chi connectivity index (χ1n) is 9.50. The van der Waals surface area contributed by atoms with Gasteiger partial charge in [-0.3, -0.25) is 14.4 Å². The highest BCUT2D eigenvalue weighted by atomic mass is 16.5. The number of nitrogens with one attached hydrogen (secondary N) is 1. The molecule has 0 unspecified atom stereocenters. The van der Waals surface area contributed by atoms with Crippen molar-refractivity contribution in [3.8, 4) is 11.4 Å². The maximum atomic E-state index is 12.4. The molecule has 28 heavy (non-hydrogen) atoms. The Kier molecular flexibility index (Phi) is 5.21. The third-order valence-corrected chi connectivity index (χ3v) is 4.98. The second-order valence-corrected chi connectivity index (χ2v) is 7.25. The Morgan fingerprint density at radius 3 is 2.89 bits per heavy atom. The van der Waals surface area contributed by atoms with E-state index >= 15 is 0 Å². The van der Waals surface area contributed by atoms with Crippen LogP contribution in [0.4, 0.5) is 5.69 Å². The standard InChI is InChI=1S/C20H24N6O2/c1-14-17(12-25(2)23-14)21-18(27)13-26-10-6-9-16(11-26)20-22-19(24-28-20)15-7-4-3-5-8-15/h3-5,7-8,12,16H,6,9-11,13H2,1-2H3,(H,21,27)/t16-/m0/s1. The Hall–Kier alpha value is -3.00. The van der Waals surface area contributed by atoms with Crippen LogP contribution in [0.3, 0.4) is 0 Å². The molecule has 1 atom stereocenters. The molecule has 2 aromatic heterocycles. The summed E-state index contributed by atoms with van der Waals surface area (Å²) in [6, 6.07) is 9.80. The van der Waals surface area contributed by atoms with E-state index in [1.807, 2.05) is 50.5 Å². The number of hydrogen-bond donors (Lipinski definition) is 1. The van der Waals surface area contributed by atoms with Crippen molar-refractivity contribution >= 4 is 11.6 Å². The molecule has 0 radical (unpaired) electrons. The third kappa shape index (κ3) is 4.12. The van der Waals surface area contributed by atoms with Crippen molar-refractivity contribution in [1.82, 2.24) is 24.8 Å². The predicted octanol–water partition coefficient (Wildman–Crippen LogP) is 2.60. The molecule has 1 aliphatic rings. The van der Waals surface area contributed by atoms with Gasteiger partial charge in [-0.1, -0.05) is 35.5 Å². The summed E-state index contributed by atoms with van der Waals surface area (Å²) in [5, 5.41) is 11.3. The lowest BCUT2D eigenvalue weighted by Gasteiger charge is -2.30. The van der Waals surface area contributed by atoms with Crippen molar-refractivity contribution in [3.05, 3.63) is 48.1 Å². The lowest BCUT2D eigenvalue weighted by atomic mass is 9.98. The fourth-order valence-electron chi connectivity index (χ4n) is 3.62. The molecule has 0 aliphatic carbocycles. The molecule has 3 aromatic rings. The summed E-state index contributed by atoms with van der Waals surface area (Å²) in [5.41, 5.74) is 2.51. The molecule has 146 valence electrons. The maximum Gasteiger partial charge on any atom is 0.238 e. The van der Waals surface area contributed by atoms with E-state index in [1.54, 1.807) is 4.68 Å². The van der Waals surface area contributed by atoms with Crippen LogP contribution in [-0.4, -0.2) is 50.4 Å². The molecule has 1 aliphatic heterocycles. The van der Waals surface area contributed by atoms with Crippen LogP contribution in [0.1, 0.15) is 30.3 Å². The SMILES string of the molecule is Cc1nn(C)cc1NC(=O)CN1CCC[C@H](c2nc(-c3ccccc3)no2)C1. The van der Waals surface area contributed by atoms with Gasteiger partial charge in [-0.25, -0.2) is 0 Å². The van der Waals surface area contributed by atoms with E-state index in [0.717, 1.165) is 42.9 Å². The van der Waals surface area contributed by atoms with Crippen LogP contribution < -0.4 is 5.32 Å². The first-order chi connectivity index (χ1) is 13.6. The first kappa shape index (κ1) is 18.4. The molecule has 8 nitrogen and oxygen atoms in total. The Balaban J connectivity index is 1.37. The number of rotatable bonds is 5. The zero-order chi connectivity index (χ0) is 19.5. The smallest absolute Gasteiger partial charge is 0.238 e. The molecular formula is C20H24N6O2. The number of aryl methyl sites for hydroxylation is 2. The van der Waals surface area contributed by atoms with Crippen molar-refractivity contribution in [2.24, 2.45) is 7.05 Å². The monoisotopic (exact) mass is 380 g/mol. The van der Waals surface area contributed by atoms with Gasteiger partial charge in [-0.15, -0.1) is 0 Å². The summed E-state index contributed by atoms with van der Waals surface area (Å²) in [6.07, 6.45) is 3.79. The zero-order valence-corrected chi connectivity index (χ0v) is 16.1. The summed E-state index contributed by atoms with van der Waals surface area (Å²) in [4.78, 5) is 19.2. The summed E-state index contributed by atoms with van der Waals surface area (Å²) >= 11 is 0. The molecule has 0 saturated carbocycles. The summed E-state index contributed by atoms with van der Waals surface area (Å²) in [7, 11) is 1.84. The van der Waals surface area contributed by atoms with Crippen LogP contribution in [0.25, 0.3) is 11.4 Å². The molecule has 1 N–H and O–H groups in total. The average molecular weight is 380 g/mol. The van der Waals surface area contributed by atoms with Gasteiger partial charge in [0.25, 0.3) is 0 Å². The third-order valence-electron chi connectivity index (χ3n) is 4.98. The van der Waals surface area contributed by atoms with E-state index < -0.39 is 0 Å². The van der Waals surface area contributed by atoms with Gasteiger partial charge in [-0.2, -0.15) is 10.1 Å². The van der Waals surface area contributed by atoms with E-state index in [4.69, 9.17) is 4.52 Å². The number of anilines is 1. The van der Waals surface area contributed by atoms with Crippen LogP contribution >= 0.6 is 0 Å². The number of amides is 1. The number of hydrogen-bond acceptors (Lipinski definition) is 6. The Bertz CT molecular complexity index is 949. The molecular weight excluding hydrogens is 356 g/mol. The minimum Gasteiger partial charge on any atom is -0.339 e. The first-order valence-corrected chi connectivity index (χ1v) is 9.50. The largest absolute Gasteiger partial charge is 0.339 e. The fraction of sp³-hybridized carbons (Fsp3) is 0.400. The van der Waals surface area contributed by atoms with Crippen LogP contribution in [0, 0.1) is 6.92 Å². The second kappa shape index (κ2) is 7.93. The topological polar surface area (TPSA) is 89.1 Å². The highest BCUT2D eigenvalue weighted by Crippen LogP contribution is 2.27. The molecule has 1 saturated heterocycles. The number of carbonyl (C=O) groups is 1. The van der Waals surface area contributed by atoms with Gasteiger partial charge < -0.3 is 9.84 Å². The van der Waals surface area contributed by atoms with Gasteiger partial charge >= 0.3 is 0 Å². The van der Waals surface area contributed by atoms with Crippen molar-refractivity contribution < 1.29 is 9.32 Å². The Labute approximate surface area is 163 Å². The Morgan fingerprint density at radius 1 is 1.32 bits per heavy atom. The van der Waals surface area contributed by atoms with Gasteiger partial charge in [0.2, 0.25) is 17.6 Å². The lowest BCUT2D eigenvalue weighted by Crippen LogP contribution is -2.39. The number of piperidine rings is 1. The fourth-order valence-corrected chi connectivity index (χ4v) is 3.62. The molecule has 0 spiro atoms. The maximum absolute atomic E-state index is 12.4. The molecule has 1 fully saturated rings. The van der Waals surface area contributed by atoms with Gasteiger partial charge in [0, 0.05) is 25.4 Å². The molecule has 8 heteroatoms. The van der Waals surface area contributed by atoms with Crippen molar-refractivity contribution in [1.29, 1.82) is 0 Å². The second-order valence-electron chi connectivity index (χ2n) is 7.25. The lowest BCUT2D eigenvalue weighted by molar-refractivity contribution is -0.117. The highest BCUT2D eigenvalue weighted by Gasteiger charge is 2.27. The van der Waals surface area contributed by atoms with E-state index in [2.05, 4.69) is 25.5 Å². The van der Waals surface area contributed by atoms with Gasteiger partial charge in [0.1, 0.15) is 0 Å². The minimum absolute atomic E-state index is 0.0350. The number of aromatic nitrogens is 4. The molecule has 3 heterocycles. The highest BCUT2D eigenvalue weighted by molar-refractivity contribution is 5.92. The number of benzene rings is 1. The van der Waals surface area contributed by atoms with Crippen molar-refractivity contribution in [2.45, 2.75) is 25.7 Å². The molecule has 4 rings (SSSR count). The summed E-state index contributed by atoms with van der Waals surface area (Å²) in [5.74, 6) is 1.36. The Morgan fingerprint density at radius 2 is 2.14 bits per heavy atom. The van der Waals surface area contributed by atoms with Crippen LogP contribution in [0.15, 0.2) is 41.1 Å². The molecule has 0 bridgehead atoms. The van der Waals surface area contributed by atoms with Crippen molar-refractivity contribution in [2.75, 3.05) is 25.0 Å². The quantitative estimate of drug-likeness (QED) is 0.732. The molecule has 1 aromatic carbocycles. The predicted molar refractivity (Wildman–Crippen MR) is 105 cm³/mol. The number of likely N-dealkylation sites (tertiary alicyclic amines) is 1. The van der Waals surface area contributed by atoms with Gasteiger partial charge in [-0.05, 0) is 26.3 Å². The number of nitrogens with zero attached hydrogens (tertiary/aromatic N) is 5. The van der Waals surface area contributed by atoms with Crippen LogP contribution in [-0.2, 0) is 11.8 Å². The summed E-state index contributed by atoms with van der Waals surface area (Å²) < 4.78 is 7.22. The normalized spacial score (nSPS) is 17.6.